The van der Waals surface area contributed by atoms with Gasteiger partial charge in [0.15, 0.2) is 11.6 Å². The number of pyridine rings is 1. The quantitative estimate of drug-likeness (QED) is 0.858. The van der Waals surface area contributed by atoms with Crippen LogP contribution in [0.3, 0.4) is 0 Å². The van der Waals surface area contributed by atoms with Crippen LogP contribution in [0.25, 0.3) is 11.5 Å². The van der Waals surface area contributed by atoms with Crippen molar-refractivity contribution in [1.82, 2.24) is 19.7 Å². The lowest BCUT2D eigenvalue weighted by Gasteiger charge is -2.28. The van der Waals surface area contributed by atoms with Gasteiger partial charge in [0, 0.05) is 12.2 Å². The summed E-state index contributed by atoms with van der Waals surface area (Å²) in [7, 11) is 0. The number of hydrogen-bond acceptors (Lipinski definition) is 4. The molecule has 6 heteroatoms. The maximum absolute atomic E-state index is 13.7. The van der Waals surface area contributed by atoms with Crippen molar-refractivity contribution >= 4 is 5.95 Å². The van der Waals surface area contributed by atoms with E-state index in [-0.39, 0.29) is 11.7 Å². The van der Waals surface area contributed by atoms with Crippen molar-refractivity contribution in [2.24, 2.45) is 0 Å². The molecule has 5 nitrogen and oxygen atoms in total. The van der Waals surface area contributed by atoms with E-state index >= 15 is 0 Å². The van der Waals surface area contributed by atoms with Crippen molar-refractivity contribution in [3.63, 3.8) is 0 Å². The minimum absolute atomic E-state index is 0.212. The third-order valence-corrected chi connectivity index (χ3v) is 3.13. The van der Waals surface area contributed by atoms with Crippen LogP contribution >= 0.6 is 0 Å². The van der Waals surface area contributed by atoms with Crippen molar-refractivity contribution in [1.29, 1.82) is 0 Å². The van der Waals surface area contributed by atoms with E-state index in [0.29, 0.717) is 11.8 Å². The Labute approximate surface area is 97.5 Å². The number of nitrogens with zero attached hydrogens (tertiary/aromatic N) is 4. The number of rotatable bonds is 2. The van der Waals surface area contributed by atoms with Gasteiger partial charge in [-0.15, -0.1) is 10.2 Å². The molecule has 0 atom stereocenters. The summed E-state index contributed by atoms with van der Waals surface area (Å²) in [6, 6.07) is 3.19. The zero-order chi connectivity index (χ0) is 11.8. The van der Waals surface area contributed by atoms with E-state index in [1.807, 2.05) is 0 Å². The average molecular weight is 233 g/mol. The molecule has 0 bridgehead atoms. The summed E-state index contributed by atoms with van der Waals surface area (Å²) in [6.07, 6.45) is 4.76. The smallest absolute Gasteiger partial charge is 0.222 e. The molecule has 2 N–H and O–H groups in total. The Kier molecular flexibility index (Phi) is 2.28. The maximum atomic E-state index is 13.7. The van der Waals surface area contributed by atoms with Crippen molar-refractivity contribution in [2.45, 2.75) is 25.3 Å². The third kappa shape index (κ3) is 1.56. The van der Waals surface area contributed by atoms with E-state index in [2.05, 4.69) is 15.2 Å². The fourth-order valence-corrected chi connectivity index (χ4v) is 2.02. The maximum Gasteiger partial charge on any atom is 0.222 e. The Bertz CT molecular complexity index is 547. The second kappa shape index (κ2) is 3.80. The molecule has 0 saturated heterocycles. The molecule has 0 amide bonds. The highest BCUT2D eigenvalue weighted by molar-refractivity contribution is 5.52. The second-order valence-corrected chi connectivity index (χ2v) is 4.17. The topological polar surface area (TPSA) is 69.6 Å². The van der Waals surface area contributed by atoms with E-state index in [0.717, 1.165) is 19.3 Å². The fourth-order valence-electron chi connectivity index (χ4n) is 2.02. The van der Waals surface area contributed by atoms with E-state index in [9.17, 15) is 4.39 Å². The van der Waals surface area contributed by atoms with Crippen molar-refractivity contribution < 1.29 is 4.39 Å². The normalized spacial score (nSPS) is 15.8. The van der Waals surface area contributed by atoms with Crippen LogP contribution in [0.2, 0.25) is 0 Å². The van der Waals surface area contributed by atoms with E-state index < -0.39 is 5.82 Å². The molecule has 3 rings (SSSR count). The van der Waals surface area contributed by atoms with E-state index in [1.165, 1.54) is 12.3 Å². The predicted molar refractivity (Wildman–Crippen MR) is 60.5 cm³/mol. The Balaban J connectivity index is 2.12. The number of anilines is 1. The molecule has 1 saturated carbocycles. The minimum atomic E-state index is -0.402. The van der Waals surface area contributed by atoms with Gasteiger partial charge in [0.05, 0.1) is 0 Å². The summed E-state index contributed by atoms with van der Waals surface area (Å²) < 4.78 is 15.5. The summed E-state index contributed by atoms with van der Waals surface area (Å²) in [6.45, 7) is 0. The molecule has 2 aromatic heterocycles. The molecule has 2 heterocycles. The summed E-state index contributed by atoms with van der Waals surface area (Å²) >= 11 is 0. The Morgan fingerprint density at radius 3 is 2.82 bits per heavy atom. The Morgan fingerprint density at radius 1 is 1.35 bits per heavy atom. The van der Waals surface area contributed by atoms with Crippen LogP contribution in [0.5, 0.6) is 0 Å². The van der Waals surface area contributed by atoms with Gasteiger partial charge in [-0.05, 0) is 31.4 Å². The van der Waals surface area contributed by atoms with Gasteiger partial charge in [-0.3, -0.25) is 4.57 Å². The molecule has 0 radical (unpaired) electrons. The highest BCUT2D eigenvalue weighted by Gasteiger charge is 2.27. The van der Waals surface area contributed by atoms with Gasteiger partial charge >= 0.3 is 0 Å². The van der Waals surface area contributed by atoms with Crippen LogP contribution in [0.15, 0.2) is 18.3 Å². The van der Waals surface area contributed by atoms with Crippen molar-refractivity contribution in [3.8, 4) is 11.5 Å². The number of nitrogen functional groups attached to an aromatic ring is 1. The van der Waals surface area contributed by atoms with Crippen molar-refractivity contribution in [3.05, 3.63) is 24.1 Å². The number of aromatic nitrogens is 4. The van der Waals surface area contributed by atoms with Crippen molar-refractivity contribution in [2.75, 3.05) is 5.73 Å². The fraction of sp³-hybridized carbons (Fsp3) is 0.364. The van der Waals surface area contributed by atoms with E-state index in [1.54, 1.807) is 10.6 Å². The molecule has 17 heavy (non-hydrogen) atoms. The molecule has 0 spiro atoms. The third-order valence-electron chi connectivity index (χ3n) is 3.13. The molecule has 0 unspecified atom stereocenters. The molecule has 1 aliphatic rings. The SMILES string of the molecule is Nc1nnc(-c2ncccc2F)n1C1CCC1. The first-order chi connectivity index (χ1) is 8.27. The first-order valence-corrected chi connectivity index (χ1v) is 5.58. The first-order valence-electron chi connectivity index (χ1n) is 5.58. The second-order valence-electron chi connectivity index (χ2n) is 4.17. The van der Waals surface area contributed by atoms with E-state index in [4.69, 9.17) is 5.73 Å². The average Bonchev–Trinajstić information content (AvgIpc) is 2.60. The van der Waals surface area contributed by atoms with Gasteiger partial charge in [0.25, 0.3) is 0 Å². The van der Waals surface area contributed by atoms with Gasteiger partial charge in [-0.2, -0.15) is 0 Å². The van der Waals surface area contributed by atoms with Crippen LogP contribution in [0.4, 0.5) is 10.3 Å². The molecule has 88 valence electrons. The summed E-state index contributed by atoms with van der Waals surface area (Å²) in [4.78, 5) is 4.01. The van der Waals surface area contributed by atoms with Gasteiger partial charge < -0.3 is 5.73 Å². The van der Waals surface area contributed by atoms with Gasteiger partial charge in [0.2, 0.25) is 5.95 Å². The monoisotopic (exact) mass is 233 g/mol. The van der Waals surface area contributed by atoms with Crippen LogP contribution in [-0.2, 0) is 0 Å². The highest BCUT2D eigenvalue weighted by Crippen LogP contribution is 2.36. The molecule has 1 fully saturated rings. The van der Waals surface area contributed by atoms with Crippen LogP contribution in [0, 0.1) is 5.82 Å². The predicted octanol–water partition coefficient (Wildman–Crippen LogP) is 1.79. The zero-order valence-corrected chi connectivity index (χ0v) is 9.17. The molecule has 1 aliphatic carbocycles. The minimum Gasteiger partial charge on any atom is -0.368 e. The Hall–Kier alpha value is -1.98. The summed E-state index contributed by atoms with van der Waals surface area (Å²) in [5, 5.41) is 7.76. The lowest BCUT2D eigenvalue weighted by Crippen LogP contribution is -2.20. The largest absolute Gasteiger partial charge is 0.368 e. The van der Waals surface area contributed by atoms with Crippen LogP contribution in [-0.4, -0.2) is 19.7 Å². The lowest BCUT2D eigenvalue weighted by molar-refractivity contribution is 0.318. The Morgan fingerprint density at radius 2 is 2.18 bits per heavy atom. The molecular formula is C11H12FN5. The van der Waals surface area contributed by atoms with Gasteiger partial charge in [0.1, 0.15) is 5.69 Å². The standard InChI is InChI=1S/C11H12FN5/c12-8-5-2-6-14-9(8)10-15-16-11(13)17(10)7-3-1-4-7/h2,5-7H,1,3-4H2,(H2,13,16). The number of halogens is 1. The molecule has 2 aromatic rings. The van der Waals surface area contributed by atoms with Crippen LogP contribution in [0.1, 0.15) is 25.3 Å². The molecular weight excluding hydrogens is 221 g/mol. The van der Waals surface area contributed by atoms with Crippen LogP contribution < -0.4 is 5.73 Å². The number of nitrogens with two attached hydrogens (primary N) is 1. The van der Waals surface area contributed by atoms with Gasteiger partial charge in [-0.25, -0.2) is 9.37 Å². The summed E-state index contributed by atoms with van der Waals surface area (Å²) in [5.41, 5.74) is 5.99. The number of hydrogen-bond donors (Lipinski definition) is 1. The molecule has 0 aliphatic heterocycles. The lowest BCUT2D eigenvalue weighted by atomic mass is 9.92. The summed E-state index contributed by atoms with van der Waals surface area (Å²) in [5.74, 6) is 0.348. The zero-order valence-electron chi connectivity index (χ0n) is 9.17. The van der Waals surface area contributed by atoms with Gasteiger partial charge in [-0.1, -0.05) is 0 Å². The highest BCUT2D eigenvalue weighted by atomic mass is 19.1. The first kappa shape index (κ1) is 10.2. The molecule has 0 aromatic carbocycles.